The van der Waals surface area contributed by atoms with Crippen LogP contribution in [-0.2, 0) is 9.53 Å². The van der Waals surface area contributed by atoms with Gasteiger partial charge in [-0.2, -0.15) is 0 Å². The normalized spacial score (nSPS) is 14.2. The summed E-state index contributed by atoms with van der Waals surface area (Å²) >= 11 is 0. The molecule has 0 bridgehead atoms. The van der Waals surface area contributed by atoms with Gasteiger partial charge in [0.1, 0.15) is 11.9 Å². The Morgan fingerprint density at radius 2 is 1.79 bits per heavy atom. The van der Waals surface area contributed by atoms with Gasteiger partial charge in [0.15, 0.2) is 0 Å². The summed E-state index contributed by atoms with van der Waals surface area (Å²) in [7, 11) is 0. The summed E-state index contributed by atoms with van der Waals surface area (Å²) in [5.74, 6) is 0.458. The van der Waals surface area contributed by atoms with Crippen molar-refractivity contribution in [2.45, 2.75) is 58.0 Å². The van der Waals surface area contributed by atoms with Crippen LogP contribution in [0.15, 0.2) is 48.5 Å². The molecule has 1 fully saturated rings. The first-order chi connectivity index (χ1) is 14.1. The number of hydrogen-bond acceptors (Lipinski definition) is 4. The number of rotatable bonds is 8. The quantitative estimate of drug-likeness (QED) is 0.488. The van der Waals surface area contributed by atoms with Gasteiger partial charge in [0, 0.05) is 12.1 Å². The predicted octanol–water partition coefficient (Wildman–Crippen LogP) is 5.28. The number of esters is 1. The lowest BCUT2D eigenvalue weighted by Gasteiger charge is -2.21. The topological polar surface area (TPSA) is 64.6 Å². The van der Waals surface area contributed by atoms with Crippen LogP contribution in [0.3, 0.4) is 0 Å². The van der Waals surface area contributed by atoms with Crippen LogP contribution in [-0.4, -0.2) is 24.6 Å². The third kappa shape index (κ3) is 6.93. The van der Waals surface area contributed by atoms with Gasteiger partial charge < -0.3 is 14.8 Å². The van der Waals surface area contributed by atoms with Crippen molar-refractivity contribution in [1.82, 2.24) is 0 Å². The molecule has 1 N–H and O–H groups in total. The molecule has 1 amide bonds. The largest absolute Gasteiger partial charge is 0.494 e. The van der Waals surface area contributed by atoms with Gasteiger partial charge >= 0.3 is 5.97 Å². The first kappa shape index (κ1) is 20.9. The molecule has 5 heteroatoms. The van der Waals surface area contributed by atoms with Gasteiger partial charge in [-0.05, 0) is 81.0 Å². The van der Waals surface area contributed by atoms with Crippen molar-refractivity contribution in [2.24, 2.45) is 0 Å². The van der Waals surface area contributed by atoms with Crippen LogP contribution >= 0.6 is 0 Å². The minimum absolute atomic E-state index is 0.0395. The molecular weight excluding hydrogens is 366 g/mol. The zero-order valence-corrected chi connectivity index (χ0v) is 17.0. The van der Waals surface area contributed by atoms with Crippen molar-refractivity contribution >= 4 is 17.6 Å². The van der Waals surface area contributed by atoms with Crippen molar-refractivity contribution in [3.05, 3.63) is 59.7 Å². The summed E-state index contributed by atoms with van der Waals surface area (Å²) < 4.78 is 11.2. The SMILES string of the molecule is Cc1cccc(OCCCC(=O)Nc2ccc(C(=O)OC3CCCCC3)cc2)c1. The number of hydrogen-bond donors (Lipinski definition) is 1. The number of benzene rings is 2. The molecule has 0 heterocycles. The highest BCUT2D eigenvalue weighted by Crippen LogP contribution is 2.22. The van der Waals surface area contributed by atoms with Gasteiger partial charge in [-0.3, -0.25) is 4.79 Å². The minimum atomic E-state index is -0.289. The fourth-order valence-corrected chi connectivity index (χ4v) is 3.44. The van der Waals surface area contributed by atoms with Crippen LogP contribution in [0, 0.1) is 6.92 Å². The van der Waals surface area contributed by atoms with E-state index in [0.717, 1.165) is 37.0 Å². The fraction of sp³-hybridized carbons (Fsp3) is 0.417. The van der Waals surface area contributed by atoms with E-state index in [1.807, 2.05) is 31.2 Å². The Balaban J connectivity index is 1.38. The Bertz CT molecular complexity index is 810. The zero-order chi connectivity index (χ0) is 20.5. The van der Waals surface area contributed by atoms with Crippen molar-refractivity contribution in [1.29, 1.82) is 0 Å². The van der Waals surface area contributed by atoms with Crippen LogP contribution in [0.4, 0.5) is 5.69 Å². The molecule has 0 unspecified atom stereocenters. The van der Waals surface area contributed by atoms with Gasteiger partial charge in [-0.15, -0.1) is 0 Å². The molecule has 29 heavy (non-hydrogen) atoms. The highest BCUT2D eigenvalue weighted by molar-refractivity contribution is 5.93. The molecule has 0 spiro atoms. The molecule has 0 saturated heterocycles. The fourth-order valence-electron chi connectivity index (χ4n) is 3.44. The maximum absolute atomic E-state index is 12.2. The second kappa shape index (κ2) is 10.6. The van der Waals surface area contributed by atoms with Crippen molar-refractivity contribution < 1.29 is 19.1 Å². The summed E-state index contributed by atoms with van der Waals surface area (Å²) in [6, 6.07) is 14.7. The second-order valence-corrected chi connectivity index (χ2v) is 7.56. The summed E-state index contributed by atoms with van der Waals surface area (Å²) in [5.41, 5.74) is 2.33. The van der Waals surface area contributed by atoms with Crippen LogP contribution in [0.25, 0.3) is 0 Å². The Hall–Kier alpha value is -2.82. The first-order valence-electron chi connectivity index (χ1n) is 10.4. The van der Waals surface area contributed by atoms with Gasteiger partial charge in [-0.1, -0.05) is 18.6 Å². The third-order valence-corrected chi connectivity index (χ3v) is 5.04. The molecule has 1 aliphatic rings. The van der Waals surface area contributed by atoms with E-state index in [1.54, 1.807) is 24.3 Å². The van der Waals surface area contributed by atoms with E-state index in [-0.39, 0.29) is 18.0 Å². The molecule has 2 aromatic carbocycles. The third-order valence-electron chi connectivity index (χ3n) is 5.04. The summed E-state index contributed by atoms with van der Waals surface area (Å²) in [4.78, 5) is 24.3. The molecule has 0 aromatic heterocycles. The average molecular weight is 395 g/mol. The number of amides is 1. The Morgan fingerprint density at radius 3 is 2.52 bits per heavy atom. The number of aryl methyl sites for hydroxylation is 1. The Labute approximate surface area is 172 Å². The minimum Gasteiger partial charge on any atom is -0.494 e. The highest BCUT2D eigenvalue weighted by Gasteiger charge is 2.18. The molecule has 0 atom stereocenters. The zero-order valence-electron chi connectivity index (χ0n) is 17.0. The molecule has 1 saturated carbocycles. The van der Waals surface area contributed by atoms with Gasteiger partial charge in [0.05, 0.1) is 12.2 Å². The number of carbonyl (C=O) groups excluding carboxylic acids is 2. The standard InChI is InChI=1S/C24H29NO4/c1-18-7-5-10-22(17-18)28-16-6-11-23(26)25-20-14-12-19(13-15-20)24(27)29-21-8-3-2-4-9-21/h5,7,10,12-15,17,21H,2-4,6,8-9,11,16H2,1H3,(H,25,26). The van der Waals surface area contributed by atoms with Crippen LogP contribution in [0.2, 0.25) is 0 Å². The highest BCUT2D eigenvalue weighted by atomic mass is 16.5. The molecule has 3 rings (SSSR count). The van der Waals surface area contributed by atoms with E-state index < -0.39 is 0 Å². The maximum Gasteiger partial charge on any atom is 0.338 e. The number of anilines is 1. The molecule has 0 radical (unpaired) electrons. The van der Waals surface area contributed by atoms with Crippen molar-refractivity contribution in [3.8, 4) is 5.75 Å². The predicted molar refractivity (Wildman–Crippen MR) is 113 cm³/mol. The van der Waals surface area contributed by atoms with Gasteiger partial charge in [-0.25, -0.2) is 4.79 Å². The molecule has 0 aliphatic heterocycles. The van der Waals surface area contributed by atoms with E-state index in [1.165, 1.54) is 6.42 Å². The number of ether oxygens (including phenoxy) is 2. The van der Waals surface area contributed by atoms with Gasteiger partial charge in [0.25, 0.3) is 0 Å². The lowest BCUT2D eigenvalue weighted by molar-refractivity contribution is -0.116. The Kier molecular flexibility index (Phi) is 7.68. The summed E-state index contributed by atoms with van der Waals surface area (Å²) in [5, 5.41) is 2.85. The monoisotopic (exact) mass is 395 g/mol. The van der Waals surface area contributed by atoms with E-state index in [9.17, 15) is 9.59 Å². The summed E-state index contributed by atoms with van der Waals surface area (Å²) in [6.07, 6.45) is 6.42. The molecule has 5 nitrogen and oxygen atoms in total. The van der Waals surface area contributed by atoms with Crippen molar-refractivity contribution in [2.75, 3.05) is 11.9 Å². The summed E-state index contributed by atoms with van der Waals surface area (Å²) in [6.45, 7) is 2.50. The second-order valence-electron chi connectivity index (χ2n) is 7.56. The van der Waals surface area contributed by atoms with Crippen LogP contribution < -0.4 is 10.1 Å². The molecule has 154 valence electrons. The van der Waals surface area contributed by atoms with E-state index in [2.05, 4.69) is 5.32 Å². The van der Waals surface area contributed by atoms with E-state index in [4.69, 9.17) is 9.47 Å². The first-order valence-corrected chi connectivity index (χ1v) is 10.4. The Morgan fingerprint density at radius 1 is 1.03 bits per heavy atom. The molecule has 2 aromatic rings. The number of nitrogens with one attached hydrogen (secondary N) is 1. The van der Waals surface area contributed by atoms with E-state index in [0.29, 0.717) is 30.7 Å². The maximum atomic E-state index is 12.2. The molecular formula is C24H29NO4. The smallest absolute Gasteiger partial charge is 0.338 e. The van der Waals surface area contributed by atoms with E-state index >= 15 is 0 Å². The molecule has 1 aliphatic carbocycles. The van der Waals surface area contributed by atoms with Crippen LogP contribution in [0.5, 0.6) is 5.75 Å². The lowest BCUT2D eigenvalue weighted by atomic mass is 9.98. The van der Waals surface area contributed by atoms with Crippen LogP contribution in [0.1, 0.15) is 60.9 Å². The van der Waals surface area contributed by atoms with Gasteiger partial charge in [0.2, 0.25) is 5.91 Å². The average Bonchev–Trinajstić information content (AvgIpc) is 2.72. The lowest BCUT2D eigenvalue weighted by Crippen LogP contribution is -2.21. The number of carbonyl (C=O) groups is 2. The van der Waals surface area contributed by atoms with Crippen molar-refractivity contribution in [3.63, 3.8) is 0 Å².